The molecule has 2 aromatic rings. The first-order valence-corrected chi connectivity index (χ1v) is 7.09. The van der Waals surface area contributed by atoms with Crippen molar-refractivity contribution in [2.24, 2.45) is 0 Å². The number of amides is 1. The number of carbonyl (C=O) groups excluding carboxylic acids is 1. The fourth-order valence-electron chi connectivity index (χ4n) is 2.00. The first-order chi connectivity index (χ1) is 12.2. The van der Waals surface area contributed by atoms with Crippen molar-refractivity contribution >= 4 is 11.6 Å². The molecule has 0 fully saturated rings. The van der Waals surface area contributed by atoms with E-state index in [9.17, 15) is 32.5 Å². The Hall–Kier alpha value is -3.11. The zero-order valence-corrected chi connectivity index (χ0v) is 13.0. The lowest BCUT2D eigenvalue weighted by Crippen LogP contribution is -2.40. The second-order valence-electron chi connectivity index (χ2n) is 5.10. The van der Waals surface area contributed by atoms with Gasteiger partial charge in [-0.05, 0) is 18.2 Å². The van der Waals surface area contributed by atoms with Crippen molar-refractivity contribution in [3.63, 3.8) is 0 Å². The molecule has 1 aromatic heterocycles. The SMILES string of the molecule is O=C(COc1ccc([N+](=O)[O-])c(F)c1)N(Cc1ccco1)CC(F)(F)F. The number of alkyl halides is 3. The molecule has 140 valence electrons. The molecule has 1 heterocycles. The summed E-state index contributed by atoms with van der Waals surface area (Å²) in [7, 11) is 0. The van der Waals surface area contributed by atoms with Crippen LogP contribution in [-0.2, 0) is 11.3 Å². The number of hydrogen-bond donors (Lipinski definition) is 0. The third kappa shape index (κ3) is 5.46. The summed E-state index contributed by atoms with van der Waals surface area (Å²) < 4.78 is 61.3. The van der Waals surface area contributed by atoms with Crippen LogP contribution in [0.1, 0.15) is 5.76 Å². The van der Waals surface area contributed by atoms with Gasteiger partial charge in [0.15, 0.2) is 6.61 Å². The van der Waals surface area contributed by atoms with Crippen LogP contribution in [0.4, 0.5) is 23.2 Å². The molecular weight excluding hydrogens is 364 g/mol. The summed E-state index contributed by atoms with van der Waals surface area (Å²) in [6.45, 7) is -2.76. The molecule has 0 aliphatic rings. The largest absolute Gasteiger partial charge is 0.484 e. The summed E-state index contributed by atoms with van der Waals surface area (Å²) in [6, 6.07) is 5.40. The standard InChI is InChI=1S/C15H12F4N2O5/c16-12-6-10(3-4-13(12)21(23)24)26-8-14(22)20(9-15(17,18)19)7-11-2-1-5-25-11/h1-6H,7-9H2. The average Bonchev–Trinajstić information content (AvgIpc) is 3.03. The van der Waals surface area contributed by atoms with E-state index in [-0.39, 0.29) is 11.5 Å². The Kier molecular flexibility index (Phi) is 5.80. The Morgan fingerprint density at radius 2 is 2.04 bits per heavy atom. The molecule has 1 aromatic carbocycles. The predicted molar refractivity (Wildman–Crippen MR) is 78.7 cm³/mol. The molecule has 26 heavy (non-hydrogen) atoms. The van der Waals surface area contributed by atoms with Crippen molar-refractivity contribution in [1.82, 2.24) is 4.90 Å². The summed E-state index contributed by atoms with van der Waals surface area (Å²) in [5.41, 5.74) is -0.791. The lowest BCUT2D eigenvalue weighted by molar-refractivity contribution is -0.387. The first-order valence-electron chi connectivity index (χ1n) is 7.09. The lowest BCUT2D eigenvalue weighted by atomic mass is 10.3. The van der Waals surface area contributed by atoms with Gasteiger partial charge >= 0.3 is 11.9 Å². The fourth-order valence-corrected chi connectivity index (χ4v) is 2.00. The third-order valence-corrected chi connectivity index (χ3v) is 3.13. The van der Waals surface area contributed by atoms with Gasteiger partial charge in [0, 0.05) is 12.1 Å². The monoisotopic (exact) mass is 376 g/mol. The van der Waals surface area contributed by atoms with Crippen molar-refractivity contribution in [1.29, 1.82) is 0 Å². The summed E-state index contributed by atoms with van der Waals surface area (Å²) in [5, 5.41) is 10.5. The van der Waals surface area contributed by atoms with Crippen molar-refractivity contribution in [3.8, 4) is 5.75 Å². The van der Waals surface area contributed by atoms with Crippen LogP contribution in [-0.4, -0.2) is 35.1 Å². The number of rotatable bonds is 7. The van der Waals surface area contributed by atoms with Gasteiger partial charge in [0.1, 0.15) is 18.1 Å². The molecule has 7 nitrogen and oxygen atoms in total. The van der Waals surface area contributed by atoms with Crippen LogP contribution in [0, 0.1) is 15.9 Å². The molecule has 0 aliphatic heterocycles. The van der Waals surface area contributed by atoms with E-state index in [0.717, 1.165) is 12.1 Å². The van der Waals surface area contributed by atoms with Gasteiger partial charge in [-0.15, -0.1) is 0 Å². The zero-order chi connectivity index (χ0) is 19.3. The molecule has 0 saturated carbocycles. The van der Waals surface area contributed by atoms with Gasteiger partial charge in [-0.25, -0.2) is 0 Å². The van der Waals surface area contributed by atoms with E-state index in [2.05, 4.69) is 0 Å². The highest BCUT2D eigenvalue weighted by atomic mass is 19.4. The number of nitro groups is 1. The smallest absolute Gasteiger partial charge is 0.406 e. The Morgan fingerprint density at radius 1 is 1.31 bits per heavy atom. The normalized spacial score (nSPS) is 11.2. The lowest BCUT2D eigenvalue weighted by Gasteiger charge is -2.23. The molecule has 0 saturated heterocycles. The number of halogens is 4. The fraction of sp³-hybridized carbons (Fsp3) is 0.267. The minimum absolute atomic E-state index is 0.143. The molecule has 0 atom stereocenters. The number of carbonyl (C=O) groups is 1. The topological polar surface area (TPSA) is 85.8 Å². The summed E-state index contributed by atoms with van der Waals surface area (Å²) >= 11 is 0. The van der Waals surface area contributed by atoms with Crippen LogP contribution >= 0.6 is 0 Å². The first kappa shape index (κ1) is 19.2. The Balaban J connectivity index is 2.04. The van der Waals surface area contributed by atoms with Crippen molar-refractivity contribution < 1.29 is 36.4 Å². The van der Waals surface area contributed by atoms with Gasteiger partial charge in [-0.2, -0.15) is 17.6 Å². The highest BCUT2D eigenvalue weighted by molar-refractivity contribution is 5.77. The number of benzene rings is 1. The number of nitro benzene ring substituents is 1. The summed E-state index contributed by atoms with van der Waals surface area (Å²) in [4.78, 5) is 22.1. The number of nitrogens with zero attached hydrogens (tertiary/aromatic N) is 2. The van der Waals surface area contributed by atoms with Crippen molar-refractivity contribution in [2.75, 3.05) is 13.2 Å². The second-order valence-corrected chi connectivity index (χ2v) is 5.10. The van der Waals surface area contributed by atoms with Crippen LogP contribution in [0.2, 0.25) is 0 Å². The maximum absolute atomic E-state index is 13.5. The molecule has 1 amide bonds. The minimum atomic E-state index is -4.64. The van der Waals surface area contributed by atoms with E-state index in [1.54, 1.807) is 0 Å². The van der Waals surface area contributed by atoms with Gasteiger partial charge in [-0.1, -0.05) is 0 Å². The van der Waals surface area contributed by atoms with Crippen LogP contribution in [0.25, 0.3) is 0 Å². The molecule has 0 unspecified atom stereocenters. The van der Waals surface area contributed by atoms with E-state index in [1.807, 2.05) is 0 Å². The van der Waals surface area contributed by atoms with E-state index < -0.39 is 48.2 Å². The molecule has 0 bridgehead atoms. The second kappa shape index (κ2) is 7.85. The molecule has 0 radical (unpaired) electrons. The van der Waals surface area contributed by atoms with Crippen LogP contribution < -0.4 is 4.74 Å². The molecule has 0 aliphatic carbocycles. The molecule has 0 spiro atoms. The number of furan rings is 1. The number of hydrogen-bond acceptors (Lipinski definition) is 5. The van der Waals surface area contributed by atoms with Gasteiger partial charge in [0.2, 0.25) is 5.82 Å². The van der Waals surface area contributed by atoms with Crippen LogP contribution in [0.15, 0.2) is 41.0 Å². The third-order valence-electron chi connectivity index (χ3n) is 3.13. The van der Waals surface area contributed by atoms with Gasteiger partial charge < -0.3 is 14.1 Å². The van der Waals surface area contributed by atoms with E-state index in [4.69, 9.17) is 9.15 Å². The Bertz CT molecular complexity index is 777. The maximum Gasteiger partial charge on any atom is 0.406 e. The maximum atomic E-state index is 13.5. The van der Waals surface area contributed by atoms with Gasteiger partial charge in [0.05, 0.1) is 17.7 Å². The summed E-state index contributed by atoms with van der Waals surface area (Å²) in [6.07, 6.45) is -3.39. The number of ether oxygens (including phenoxy) is 1. The van der Waals surface area contributed by atoms with Crippen LogP contribution in [0.5, 0.6) is 5.75 Å². The molecule has 0 N–H and O–H groups in total. The van der Waals surface area contributed by atoms with Crippen molar-refractivity contribution in [2.45, 2.75) is 12.7 Å². The van der Waals surface area contributed by atoms with Crippen LogP contribution in [0.3, 0.4) is 0 Å². The Labute approximate surface area is 143 Å². The highest BCUT2D eigenvalue weighted by Gasteiger charge is 2.33. The van der Waals surface area contributed by atoms with Crippen molar-refractivity contribution in [3.05, 3.63) is 58.3 Å². The summed E-state index contributed by atoms with van der Waals surface area (Å²) in [5.74, 6) is -2.30. The molecular formula is C15H12F4N2O5. The molecule has 11 heteroatoms. The van der Waals surface area contributed by atoms with Gasteiger partial charge in [0.25, 0.3) is 5.91 Å². The van der Waals surface area contributed by atoms with E-state index in [1.165, 1.54) is 18.4 Å². The molecule has 2 rings (SSSR count). The van der Waals surface area contributed by atoms with E-state index >= 15 is 0 Å². The minimum Gasteiger partial charge on any atom is -0.484 e. The Morgan fingerprint density at radius 3 is 2.58 bits per heavy atom. The predicted octanol–water partition coefficient (Wildman–Crippen LogP) is 3.30. The van der Waals surface area contributed by atoms with Gasteiger partial charge in [-0.3, -0.25) is 14.9 Å². The zero-order valence-electron chi connectivity index (χ0n) is 13.0. The van der Waals surface area contributed by atoms with E-state index in [0.29, 0.717) is 11.0 Å². The average molecular weight is 376 g/mol. The highest BCUT2D eigenvalue weighted by Crippen LogP contribution is 2.23. The quantitative estimate of drug-likeness (QED) is 0.421.